The molecule has 1 heterocycles. The Morgan fingerprint density at radius 2 is 2.06 bits per heavy atom. The predicted molar refractivity (Wildman–Crippen MR) is 68.5 cm³/mol. The number of piperidine rings is 1. The summed E-state index contributed by atoms with van der Waals surface area (Å²) in [7, 11) is 1.80. The molecule has 18 heavy (non-hydrogen) atoms. The minimum Gasteiger partial charge on any atom is -0.481 e. The average Bonchev–Trinajstić information content (AvgIpc) is 2.38. The van der Waals surface area contributed by atoms with Gasteiger partial charge in [0.25, 0.3) is 0 Å². The van der Waals surface area contributed by atoms with Crippen molar-refractivity contribution in [3.05, 3.63) is 0 Å². The van der Waals surface area contributed by atoms with Crippen molar-refractivity contribution in [3.63, 3.8) is 0 Å². The molecule has 1 aliphatic rings. The van der Waals surface area contributed by atoms with E-state index in [4.69, 9.17) is 5.11 Å². The van der Waals surface area contributed by atoms with Gasteiger partial charge in [-0.3, -0.25) is 4.79 Å². The number of carbonyl (C=O) groups excluding carboxylic acids is 1. The van der Waals surface area contributed by atoms with E-state index in [-0.39, 0.29) is 12.1 Å². The number of amides is 2. The Hall–Kier alpha value is -1.30. The fraction of sp³-hybridized carbons (Fsp3) is 0.833. The lowest BCUT2D eigenvalue weighted by atomic mass is 10.1. The monoisotopic (exact) mass is 257 g/mol. The highest BCUT2D eigenvalue weighted by molar-refractivity contribution is 5.74. The molecule has 0 aromatic heterocycles. The summed E-state index contributed by atoms with van der Waals surface area (Å²) in [6.45, 7) is 3.93. The van der Waals surface area contributed by atoms with E-state index >= 15 is 0 Å². The molecule has 2 amide bonds. The highest BCUT2D eigenvalue weighted by Gasteiger charge is 2.21. The molecule has 0 spiro atoms. The van der Waals surface area contributed by atoms with Crippen LogP contribution in [0.1, 0.15) is 26.2 Å². The molecule has 0 aromatic carbocycles. The average molecular weight is 257 g/mol. The zero-order chi connectivity index (χ0) is 13.5. The summed E-state index contributed by atoms with van der Waals surface area (Å²) < 4.78 is 0. The van der Waals surface area contributed by atoms with Crippen LogP contribution in [0.25, 0.3) is 0 Å². The van der Waals surface area contributed by atoms with E-state index in [9.17, 15) is 9.59 Å². The Labute approximate surface area is 108 Å². The van der Waals surface area contributed by atoms with Crippen molar-refractivity contribution in [2.24, 2.45) is 5.92 Å². The fourth-order valence-corrected chi connectivity index (χ4v) is 2.00. The van der Waals surface area contributed by atoms with Gasteiger partial charge in [-0.1, -0.05) is 6.92 Å². The molecule has 1 aliphatic heterocycles. The van der Waals surface area contributed by atoms with Crippen molar-refractivity contribution in [2.45, 2.75) is 32.2 Å². The van der Waals surface area contributed by atoms with Crippen LogP contribution in [0.3, 0.4) is 0 Å². The SMILES string of the molecule is CC(CCNC(=O)N(C)C1CCNCC1)C(=O)O. The molecule has 3 N–H and O–H groups in total. The number of carbonyl (C=O) groups is 2. The van der Waals surface area contributed by atoms with Crippen molar-refractivity contribution >= 4 is 12.0 Å². The van der Waals surface area contributed by atoms with Crippen LogP contribution in [0.4, 0.5) is 4.79 Å². The smallest absolute Gasteiger partial charge is 0.317 e. The van der Waals surface area contributed by atoms with Crippen LogP contribution in [0.2, 0.25) is 0 Å². The molecule has 0 aromatic rings. The summed E-state index contributed by atoms with van der Waals surface area (Å²) in [6.07, 6.45) is 2.39. The number of rotatable bonds is 5. The van der Waals surface area contributed by atoms with Gasteiger partial charge in [0.05, 0.1) is 5.92 Å². The Morgan fingerprint density at radius 3 is 2.61 bits per heavy atom. The van der Waals surface area contributed by atoms with Crippen LogP contribution >= 0.6 is 0 Å². The van der Waals surface area contributed by atoms with E-state index in [1.165, 1.54) is 0 Å². The van der Waals surface area contributed by atoms with E-state index in [1.54, 1.807) is 18.9 Å². The van der Waals surface area contributed by atoms with E-state index in [2.05, 4.69) is 10.6 Å². The topological polar surface area (TPSA) is 81.7 Å². The van der Waals surface area contributed by atoms with Gasteiger partial charge in [0.2, 0.25) is 0 Å². The third kappa shape index (κ3) is 4.52. The van der Waals surface area contributed by atoms with Crippen molar-refractivity contribution < 1.29 is 14.7 Å². The molecule has 1 rings (SSSR count). The van der Waals surface area contributed by atoms with E-state index in [1.807, 2.05) is 0 Å². The number of carboxylic acid groups (broad SMARTS) is 1. The van der Waals surface area contributed by atoms with E-state index in [0.29, 0.717) is 13.0 Å². The van der Waals surface area contributed by atoms with Gasteiger partial charge in [-0.25, -0.2) is 4.79 Å². The maximum atomic E-state index is 11.8. The number of nitrogens with zero attached hydrogens (tertiary/aromatic N) is 1. The third-order valence-corrected chi connectivity index (χ3v) is 3.45. The maximum Gasteiger partial charge on any atom is 0.317 e. The highest BCUT2D eigenvalue weighted by Crippen LogP contribution is 2.09. The quantitative estimate of drug-likeness (QED) is 0.669. The van der Waals surface area contributed by atoms with Gasteiger partial charge in [-0.05, 0) is 32.4 Å². The molecule has 1 unspecified atom stereocenters. The molecule has 0 bridgehead atoms. The normalized spacial score (nSPS) is 18.1. The zero-order valence-corrected chi connectivity index (χ0v) is 11.1. The van der Waals surface area contributed by atoms with Crippen molar-refractivity contribution in [1.82, 2.24) is 15.5 Å². The largest absolute Gasteiger partial charge is 0.481 e. The summed E-state index contributed by atoms with van der Waals surface area (Å²) in [4.78, 5) is 24.2. The molecule has 104 valence electrons. The van der Waals surface area contributed by atoms with Gasteiger partial charge in [-0.15, -0.1) is 0 Å². The molecule has 0 aliphatic carbocycles. The second-order valence-electron chi connectivity index (χ2n) is 4.85. The van der Waals surface area contributed by atoms with Crippen molar-refractivity contribution in [1.29, 1.82) is 0 Å². The summed E-state index contributed by atoms with van der Waals surface area (Å²) in [6, 6.07) is 0.169. The molecule has 1 saturated heterocycles. The van der Waals surface area contributed by atoms with Crippen LogP contribution in [-0.2, 0) is 4.79 Å². The lowest BCUT2D eigenvalue weighted by molar-refractivity contribution is -0.141. The first-order chi connectivity index (χ1) is 8.52. The summed E-state index contributed by atoms with van der Waals surface area (Å²) in [5, 5.41) is 14.8. The maximum absolute atomic E-state index is 11.8. The number of hydrogen-bond acceptors (Lipinski definition) is 3. The summed E-state index contributed by atoms with van der Waals surface area (Å²) in [5.41, 5.74) is 0. The van der Waals surface area contributed by atoms with E-state index in [0.717, 1.165) is 25.9 Å². The van der Waals surface area contributed by atoms with Gasteiger partial charge in [0, 0.05) is 19.6 Å². The Kier molecular flexibility index (Phi) is 5.91. The standard InChI is InChI=1S/C12H23N3O3/c1-9(11(16)17)3-8-14-12(18)15(2)10-4-6-13-7-5-10/h9-10,13H,3-8H2,1-2H3,(H,14,18)(H,16,17). The first-order valence-electron chi connectivity index (χ1n) is 6.46. The van der Waals surface area contributed by atoms with Gasteiger partial charge >= 0.3 is 12.0 Å². The van der Waals surface area contributed by atoms with Crippen LogP contribution in [-0.4, -0.2) is 54.7 Å². The minimum absolute atomic E-state index is 0.112. The third-order valence-electron chi connectivity index (χ3n) is 3.45. The van der Waals surface area contributed by atoms with Crippen LogP contribution in [0, 0.1) is 5.92 Å². The Bertz CT molecular complexity index is 290. The molecule has 1 fully saturated rings. The first kappa shape index (κ1) is 14.8. The number of urea groups is 1. The fourth-order valence-electron chi connectivity index (χ4n) is 2.00. The van der Waals surface area contributed by atoms with Crippen LogP contribution < -0.4 is 10.6 Å². The van der Waals surface area contributed by atoms with Crippen molar-refractivity contribution in [3.8, 4) is 0 Å². The predicted octanol–water partition coefficient (Wildman–Crippen LogP) is 0.491. The number of carboxylic acids is 1. The Balaban J connectivity index is 2.24. The molecule has 0 saturated carbocycles. The van der Waals surface area contributed by atoms with Gasteiger partial charge < -0.3 is 20.6 Å². The highest BCUT2D eigenvalue weighted by atomic mass is 16.4. The molecular formula is C12H23N3O3. The lowest BCUT2D eigenvalue weighted by Crippen LogP contribution is -2.48. The van der Waals surface area contributed by atoms with Crippen molar-refractivity contribution in [2.75, 3.05) is 26.7 Å². The number of hydrogen-bond donors (Lipinski definition) is 3. The second kappa shape index (κ2) is 7.20. The molecular weight excluding hydrogens is 234 g/mol. The molecule has 6 heteroatoms. The lowest BCUT2D eigenvalue weighted by Gasteiger charge is -2.31. The number of aliphatic carboxylic acids is 1. The van der Waals surface area contributed by atoms with Gasteiger partial charge in [0.15, 0.2) is 0 Å². The minimum atomic E-state index is -0.823. The van der Waals surface area contributed by atoms with Crippen LogP contribution in [0.15, 0.2) is 0 Å². The summed E-state index contributed by atoms with van der Waals surface area (Å²) in [5.74, 6) is -1.24. The van der Waals surface area contributed by atoms with Gasteiger partial charge in [-0.2, -0.15) is 0 Å². The second-order valence-corrected chi connectivity index (χ2v) is 4.85. The molecule has 1 atom stereocenters. The van der Waals surface area contributed by atoms with Crippen LogP contribution in [0.5, 0.6) is 0 Å². The molecule has 0 radical (unpaired) electrons. The first-order valence-corrected chi connectivity index (χ1v) is 6.46. The van der Waals surface area contributed by atoms with E-state index < -0.39 is 11.9 Å². The van der Waals surface area contributed by atoms with Gasteiger partial charge in [0.1, 0.15) is 0 Å². The number of nitrogens with one attached hydrogen (secondary N) is 2. The molecule has 6 nitrogen and oxygen atoms in total. The Morgan fingerprint density at radius 1 is 1.44 bits per heavy atom. The summed E-state index contributed by atoms with van der Waals surface area (Å²) >= 11 is 0. The zero-order valence-electron chi connectivity index (χ0n) is 11.1.